The van der Waals surface area contributed by atoms with Gasteiger partial charge in [0.2, 0.25) is 0 Å². The quantitative estimate of drug-likeness (QED) is 0.105. The fourth-order valence-electron chi connectivity index (χ4n) is 5.43. The largest absolute Gasteiger partial charge is 0.508 e. The van der Waals surface area contributed by atoms with E-state index in [0.29, 0.717) is 21.9 Å². The Bertz CT molecular complexity index is 1670. The van der Waals surface area contributed by atoms with Gasteiger partial charge in [-0.1, -0.05) is 24.0 Å². The summed E-state index contributed by atoms with van der Waals surface area (Å²) in [6.45, 7) is 2.19. The van der Waals surface area contributed by atoms with Gasteiger partial charge in [-0.3, -0.25) is 4.90 Å². The minimum absolute atomic E-state index is 0.0651. The van der Waals surface area contributed by atoms with Crippen molar-refractivity contribution in [1.82, 2.24) is 4.90 Å². The summed E-state index contributed by atoms with van der Waals surface area (Å²) in [5.74, 6) is 5.48. The van der Waals surface area contributed by atoms with Crippen LogP contribution in [0, 0.1) is 11.8 Å². The Labute approximate surface area is 266 Å². The van der Waals surface area contributed by atoms with Crippen molar-refractivity contribution in [1.29, 1.82) is 0 Å². The highest BCUT2D eigenvalue weighted by atomic mass is 32.1. The molecule has 3 heterocycles. The Balaban J connectivity index is 1.31. The van der Waals surface area contributed by atoms with Crippen LogP contribution >= 0.6 is 18.5 Å². The molecule has 8 nitrogen and oxygen atoms in total. The molecule has 0 spiro atoms. The van der Waals surface area contributed by atoms with Gasteiger partial charge in [0, 0.05) is 31.0 Å². The molecule has 0 bridgehead atoms. The average Bonchev–Trinajstić information content (AvgIpc) is 3.54. The van der Waals surface area contributed by atoms with Gasteiger partial charge in [0.05, 0.1) is 33.9 Å². The van der Waals surface area contributed by atoms with Gasteiger partial charge in [0.25, 0.3) is 0 Å². The molecular formula is C31H33F5N3O5PS. The number of anilines is 2. The summed E-state index contributed by atoms with van der Waals surface area (Å²) in [6.07, 6.45) is -4.96. The number of alkyl halides is 5. The summed E-state index contributed by atoms with van der Waals surface area (Å²) in [4.78, 5) is 13.7. The number of hydrogen-bond donors (Lipinski definition) is 2. The number of carbonyl (C=O) groups excluding carboxylic acids is 1. The maximum Gasteiger partial charge on any atom is 0.508 e. The van der Waals surface area contributed by atoms with Crippen LogP contribution in [0.25, 0.3) is 10.1 Å². The van der Waals surface area contributed by atoms with Crippen LogP contribution in [0.5, 0.6) is 5.75 Å². The van der Waals surface area contributed by atoms with E-state index in [1.165, 1.54) is 36.8 Å². The number of hydrogen-bond acceptors (Lipinski definition) is 9. The fourth-order valence-corrected chi connectivity index (χ4v) is 7.47. The average molecular weight is 686 g/mol. The highest BCUT2D eigenvalue weighted by Gasteiger charge is 2.32. The Hall–Kier alpha value is -3.53. The molecule has 46 heavy (non-hydrogen) atoms. The number of benzene rings is 2. The Morgan fingerprint density at radius 1 is 1.15 bits per heavy atom. The van der Waals surface area contributed by atoms with Crippen LogP contribution in [0.2, 0.25) is 0 Å². The van der Waals surface area contributed by atoms with Gasteiger partial charge in [-0.15, -0.1) is 11.3 Å². The molecule has 248 valence electrons. The van der Waals surface area contributed by atoms with Crippen molar-refractivity contribution in [2.75, 3.05) is 56.7 Å². The van der Waals surface area contributed by atoms with E-state index >= 15 is 0 Å². The monoisotopic (exact) mass is 685 g/mol. The lowest BCUT2D eigenvalue weighted by Gasteiger charge is -2.33. The van der Waals surface area contributed by atoms with Crippen LogP contribution in [0.1, 0.15) is 23.3 Å². The van der Waals surface area contributed by atoms with Crippen molar-refractivity contribution in [2.45, 2.75) is 44.2 Å². The van der Waals surface area contributed by atoms with Crippen molar-refractivity contribution in [2.24, 2.45) is 0 Å². The van der Waals surface area contributed by atoms with Gasteiger partial charge < -0.3 is 29.4 Å². The van der Waals surface area contributed by atoms with Crippen LogP contribution < -0.4 is 20.7 Å². The zero-order valence-corrected chi connectivity index (χ0v) is 26.8. The summed E-state index contributed by atoms with van der Waals surface area (Å²) in [6, 6.07) is 9.61. The van der Waals surface area contributed by atoms with E-state index in [0.717, 1.165) is 31.6 Å². The first kappa shape index (κ1) is 33.8. The van der Waals surface area contributed by atoms with Gasteiger partial charge >= 0.3 is 18.9 Å². The first-order valence-electron chi connectivity index (χ1n) is 14.6. The summed E-state index contributed by atoms with van der Waals surface area (Å²) in [7, 11) is -2.74. The number of nitrogens with one attached hydrogen (secondary N) is 2. The highest BCUT2D eigenvalue weighted by molar-refractivity contribution is 7.70. The molecule has 2 N–H and O–H groups in total. The topological polar surface area (TPSA) is 89.1 Å². The molecule has 0 radical (unpaired) electrons. The standard InChI is InChI=1S/C31H33F5N3O5PS/c1-45(2,41)21-8-9-24(26(15-21)44-29(32)33)37-12-4-7-27-23(16-31(34,35)36)22-5-3-6-25(28(22)46-27)38-19-10-13-39(14-11-19)17-20-18-42-30(40)43-20/h3,5-6,8-9,15,19-20,29,37-38H,10-14,16-18H2,1-2H3. The van der Waals surface area contributed by atoms with E-state index in [2.05, 4.69) is 32.1 Å². The zero-order valence-electron chi connectivity index (χ0n) is 25.1. The highest BCUT2D eigenvalue weighted by Crippen LogP contribution is 2.40. The van der Waals surface area contributed by atoms with Gasteiger partial charge in [-0.25, -0.2) is 4.79 Å². The van der Waals surface area contributed by atoms with E-state index in [9.17, 15) is 31.3 Å². The maximum absolute atomic E-state index is 13.7. The first-order valence-corrected chi connectivity index (χ1v) is 18.0. The van der Waals surface area contributed by atoms with Gasteiger partial charge in [-0.2, -0.15) is 22.0 Å². The van der Waals surface area contributed by atoms with Gasteiger partial charge in [0.15, 0.2) is 6.10 Å². The lowest BCUT2D eigenvalue weighted by Crippen LogP contribution is -2.43. The van der Waals surface area contributed by atoms with Crippen LogP contribution in [0.3, 0.4) is 0 Å². The molecular weight excluding hydrogens is 652 g/mol. The van der Waals surface area contributed by atoms with E-state index in [1.807, 2.05) is 6.07 Å². The van der Waals surface area contributed by atoms with Crippen molar-refractivity contribution in [3.05, 3.63) is 46.8 Å². The number of piperidine rings is 1. The molecule has 0 aliphatic carbocycles. The second kappa shape index (κ2) is 14.1. The second-order valence-corrected chi connectivity index (χ2v) is 15.7. The molecule has 1 atom stereocenters. The third-order valence-corrected chi connectivity index (χ3v) is 10.3. The predicted molar refractivity (Wildman–Crippen MR) is 168 cm³/mol. The molecule has 1 aromatic heterocycles. The maximum atomic E-state index is 13.7. The molecule has 3 aromatic rings. The molecule has 0 saturated carbocycles. The number of fused-ring (bicyclic) bond motifs is 1. The summed E-state index contributed by atoms with van der Waals surface area (Å²) < 4.78 is 94.8. The second-order valence-electron chi connectivity index (χ2n) is 11.5. The lowest BCUT2D eigenvalue weighted by atomic mass is 10.0. The number of carbonyl (C=O) groups is 1. The SMILES string of the molecule is CP(C)(=O)c1ccc(NCC#Cc2sc3c(NC4CCN(CC5COC(=O)O5)CC4)cccc3c2CC(F)(F)F)c(OC(F)F)c1. The molecule has 2 aromatic carbocycles. The fraction of sp³-hybridized carbons (Fsp3) is 0.452. The number of rotatable bonds is 10. The molecule has 2 saturated heterocycles. The van der Waals surface area contributed by atoms with Crippen LogP contribution in [-0.2, 0) is 20.5 Å². The molecule has 15 heteroatoms. The molecule has 0 amide bonds. The number of nitrogens with zero attached hydrogens (tertiary/aromatic N) is 1. The molecule has 5 rings (SSSR count). The van der Waals surface area contributed by atoms with Crippen LogP contribution in [0.4, 0.5) is 38.1 Å². The van der Waals surface area contributed by atoms with Crippen molar-refractivity contribution in [3.63, 3.8) is 0 Å². The molecule has 2 aliphatic rings. The number of thiophene rings is 1. The minimum Gasteiger partial charge on any atom is -0.433 e. The van der Waals surface area contributed by atoms with Crippen molar-refractivity contribution >= 4 is 51.4 Å². The van der Waals surface area contributed by atoms with E-state index < -0.39 is 32.5 Å². The zero-order chi connectivity index (χ0) is 33.1. The van der Waals surface area contributed by atoms with Gasteiger partial charge in [0.1, 0.15) is 19.5 Å². The normalized spacial score (nSPS) is 17.8. The van der Waals surface area contributed by atoms with Crippen molar-refractivity contribution < 1.29 is 45.5 Å². The predicted octanol–water partition coefficient (Wildman–Crippen LogP) is 6.73. The molecule has 2 aliphatic heterocycles. The third kappa shape index (κ3) is 8.84. The van der Waals surface area contributed by atoms with Crippen LogP contribution in [-0.4, -0.2) is 82.1 Å². The van der Waals surface area contributed by atoms with Crippen LogP contribution in [0.15, 0.2) is 36.4 Å². The number of likely N-dealkylation sites (tertiary alicyclic amines) is 1. The molecule has 2 fully saturated rings. The van der Waals surface area contributed by atoms with Gasteiger partial charge in [-0.05, 0) is 61.4 Å². The molecule has 1 unspecified atom stereocenters. The smallest absolute Gasteiger partial charge is 0.433 e. The third-order valence-electron chi connectivity index (χ3n) is 7.63. The van der Waals surface area contributed by atoms with Crippen molar-refractivity contribution in [3.8, 4) is 17.6 Å². The van der Waals surface area contributed by atoms with E-state index in [1.54, 1.807) is 18.2 Å². The number of halogens is 5. The first-order chi connectivity index (χ1) is 21.7. The summed E-state index contributed by atoms with van der Waals surface area (Å²) >= 11 is 1.17. The minimum atomic E-state index is -4.46. The Kier molecular flexibility index (Phi) is 10.3. The summed E-state index contributed by atoms with van der Waals surface area (Å²) in [5, 5.41) is 7.22. The Morgan fingerprint density at radius 3 is 2.57 bits per heavy atom. The van der Waals surface area contributed by atoms with E-state index in [-0.39, 0.29) is 47.2 Å². The lowest BCUT2D eigenvalue weighted by molar-refractivity contribution is -0.127. The number of cyclic esters (lactones) is 2. The Morgan fingerprint density at radius 2 is 1.91 bits per heavy atom. The van der Waals surface area contributed by atoms with E-state index in [4.69, 9.17) is 9.47 Å². The number of ether oxygens (including phenoxy) is 3. The summed E-state index contributed by atoms with van der Waals surface area (Å²) in [5.41, 5.74) is 1.000.